The summed E-state index contributed by atoms with van der Waals surface area (Å²) in [6, 6.07) is 48.7. The fourth-order valence-corrected chi connectivity index (χ4v) is 6.56. The van der Waals surface area contributed by atoms with Crippen molar-refractivity contribution in [2.75, 3.05) is 10.6 Å². The van der Waals surface area contributed by atoms with E-state index in [0.717, 1.165) is 32.8 Å². The zero-order chi connectivity index (χ0) is 37.0. The molecule has 7 nitrogen and oxygen atoms in total. The number of hydrogen-bond donors (Lipinski definition) is 3. The van der Waals surface area contributed by atoms with Crippen LogP contribution in [-0.2, 0) is 16.2 Å². The van der Waals surface area contributed by atoms with E-state index in [1.807, 2.05) is 141 Å². The van der Waals surface area contributed by atoms with E-state index in [1.54, 1.807) is 36.4 Å². The summed E-state index contributed by atoms with van der Waals surface area (Å²) in [6.07, 6.45) is 1.62. The number of amides is 3. The van der Waals surface area contributed by atoms with Crippen molar-refractivity contribution < 1.29 is 19.1 Å². The maximum Gasteiger partial charge on any atom is 0.272 e. The molecule has 0 aliphatic carbocycles. The molecule has 0 fully saturated rings. The van der Waals surface area contributed by atoms with Crippen molar-refractivity contribution in [3.63, 3.8) is 0 Å². The molecule has 6 aromatic rings. The number of benzene rings is 6. The summed E-state index contributed by atoms with van der Waals surface area (Å²) in [4.78, 5) is 41.6. The Kier molecular flexibility index (Phi) is 12.2. The Morgan fingerprint density at radius 3 is 2.08 bits per heavy atom. The van der Waals surface area contributed by atoms with Crippen LogP contribution in [0.5, 0.6) is 5.75 Å². The van der Waals surface area contributed by atoms with Crippen molar-refractivity contribution in [1.29, 1.82) is 0 Å². The van der Waals surface area contributed by atoms with Crippen molar-refractivity contribution in [1.82, 2.24) is 5.32 Å². The van der Waals surface area contributed by atoms with Gasteiger partial charge in [0.2, 0.25) is 5.91 Å². The summed E-state index contributed by atoms with van der Waals surface area (Å²) in [7, 11) is 0. The Balaban J connectivity index is 1.21. The van der Waals surface area contributed by atoms with Crippen LogP contribution >= 0.6 is 11.8 Å². The number of nitrogens with one attached hydrogen (secondary N) is 3. The second-order valence-electron chi connectivity index (χ2n) is 12.3. The van der Waals surface area contributed by atoms with Crippen LogP contribution in [0.3, 0.4) is 0 Å². The third kappa shape index (κ3) is 10.1. The van der Waals surface area contributed by atoms with Crippen LogP contribution in [0, 0.1) is 13.8 Å². The van der Waals surface area contributed by atoms with E-state index >= 15 is 0 Å². The molecular formula is C45H39N3O4S. The van der Waals surface area contributed by atoms with Gasteiger partial charge in [0.1, 0.15) is 23.3 Å². The van der Waals surface area contributed by atoms with Gasteiger partial charge >= 0.3 is 0 Å². The maximum atomic E-state index is 13.8. The summed E-state index contributed by atoms with van der Waals surface area (Å²) in [5.41, 5.74) is 6.45. The van der Waals surface area contributed by atoms with Crippen LogP contribution in [0.1, 0.15) is 43.4 Å². The van der Waals surface area contributed by atoms with E-state index in [1.165, 1.54) is 11.8 Å². The lowest BCUT2D eigenvalue weighted by atomic mass is 10.1. The van der Waals surface area contributed by atoms with Gasteiger partial charge in [-0.3, -0.25) is 14.4 Å². The molecule has 53 heavy (non-hydrogen) atoms. The fourth-order valence-electron chi connectivity index (χ4n) is 5.48. The molecule has 0 aliphatic heterocycles. The Bertz CT molecular complexity index is 2210. The number of hydrogen-bond acceptors (Lipinski definition) is 5. The average Bonchev–Trinajstić information content (AvgIpc) is 3.19. The van der Waals surface area contributed by atoms with Gasteiger partial charge in [-0.05, 0) is 96.3 Å². The van der Waals surface area contributed by atoms with Gasteiger partial charge in [0.15, 0.2) is 0 Å². The van der Waals surface area contributed by atoms with Gasteiger partial charge in [0.05, 0.1) is 0 Å². The molecule has 1 unspecified atom stereocenters. The van der Waals surface area contributed by atoms with E-state index in [-0.39, 0.29) is 11.6 Å². The lowest BCUT2D eigenvalue weighted by molar-refractivity contribution is -0.116. The highest BCUT2D eigenvalue weighted by Gasteiger charge is 2.23. The standard InChI is InChI=1S/C45H39N3O4S/c1-31-14-12-23-40(32(31)2)47-45(51)42(35-17-8-4-9-18-35)53-39-22-13-21-37(29-39)46-44(50)41(48-43(49)36-19-10-5-11-20-36)28-33-24-26-38(27-25-33)52-30-34-15-6-3-7-16-34/h3-29,42H,30H2,1-2H3,(H,46,50)(H,47,51)(H,48,49)/b41-28+. The molecule has 0 spiro atoms. The van der Waals surface area contributed by atoms with Gasteiger partial charge in [0, 0.05) is 21.8 Å². The number of rotatable bonds is 13. The minimum Gasteiger partial charge on any atom is -0.489 e. The fraction of sp³-hybridized carbons (Fsp3) is 0.0889. The molecule has 0 heterocycles. The molecule has 8 heteroatoms. The molecule has 0 aliphatic rings. The third-order valence-electron chi connectivity index (χ3n) is 8.52. The SMILES string of the molecule is Cc1cccc(NC(=O)C(Sc2cccc(NC(=O)/C(=C\c3ccc(OCc4ccccc4)cc3)NC(=O)c3ccccc3)c2)c2ccccc2)c1C. The van der Waals surface area contributed by atoms with E-state index in [4.69, 9.17) is 4.74 Å². The lowest BCUT2D eigenvalue weighted by Crippen LogP contribution is -2.30. The summed E-state index contributed by atoms with van der Waals surface area (Å²) < 4.78 is 5.93. The van der Waals surface area contributed by atoms with Gasteiger partial charge in [-0.1, -0.05) is 109 Å². The smallest absolute Gasteiger partial charge is 0.272 e. The predicted molar refractivity (Wildman–Crippen MR) is 214 cm³/mol. The second-order valence-corrected chi connectivity index (χ2v) is 13.5. The quantitative estimate of drug-likeness (QED) is 0.0817. The topological polar surface area (TPSA) is 96.5 Å². The lowest BCUT2D eigenvalue weighted by Gasteiger charge is -2.19. The number of carbonyl (C=O) groups is 3. The summed E-state index contributed by atoms with van der Waals surface area (Å²) in [6.45, 7) is 4.43. The molecular weight excluding hydrogens is 679 g/mol. The minimum atomic E-state index is -0.567. The van der Waals surface area contributed by atoms with Gasteiger partial charge in [-0.15, -0.1) is 11.8 Å². The molecule has 0 aromatic heterocycles. The minimum absolute atomic E-state index is 0.0601. The van der Waals surface area contributed by atoms with Crippen LogP contribution < -0.4 is 20.7 Å². The highest BCUT2D eigenvalue weighted by Crippen LogP contribution is 2.37. The van der Waals surface area contributed by atoms with Gasteiger partial charge in [-0.2, -0.15) is 0 Å². The predicted octanol–water partition coefficient (Wildman–Crippen LogP) is 9.76. The summed E-state index contributed by atoms with van der Waals surface area (Å²) in [5, 5.41) is 8.30. The molecule has 3 N–H and O–H groups in total. The molecule has 0 bridgehead atoms. The van der Waals surface area contributed by atoms with E-state index in [0.29, 0.717) is 29.2 Å². The molecule has 264 valence electrons. The van der Waals surface area contributed by atoms with Crippen molar-refractivity contribution in [2.24, 2.45) is 0 Å². The number of thioether (sulfide) groups is 1. The number of aryl methyl sites for hydroxylation is 1. The van der Waals surface area contributed by atoms with Crippen molar-refractivity contribution >= 4 is 46.9 Å². The van der Waals surface area contributed by atoms with Crippen molar-refractivity contribution in [3.8, 4) is 5.75 Å². The first-order chi connectivity index (χ1) is 25.8. The monoisotopic (exact) mass is 717 g/mol. The van der Waals surface area contributed by atoms with Crippen molar-refractivity contribution in [3.05, 3.63) is 197 Å². The largest absolute Gasteiger partial charge is 0.489 e. The first-order valence-electron chi connectivity index (χ1n) is 17.2. The number of anilines is 2. The van der Waals surface area contributed by atoms with E-state index in [2.05, 4.69) is 16.0 Å². The van der Waals surface area contributed by atoms with Gasteiger partial charge in [-0.25, -0.2) is 0 Å². The van der Waals surface area contributed by atoms with Crippen molar-refractivity contribution in [2.45, 2.75) is 30.6 Å². The van der Waals surface area contributed by atoms with Crippen LogP contribution in [0.15, 0.2) is 168 Å². The molecule has 6 aromatic carbocycles. The normalized spacial score (nSPS) is 11.6. The Labute approximate surface area is 314 Å². The Morgan fingerprint density at radius 2 is 1.36 bits per heavy atom. The number of carbonyl (C=O) groups excluding carboxylic acids is 3. The summed E-state index contributed by atoms with van der Waals surface area (Å²) >= 11 is 1.38. The molecule has 0 saturated heterocycles. The van der Waals surface area contributed by atoms with E-state index in [9.17, 15) is 14.4 Å². The number of ether oxygens (including phenoxy) is 1. The van der Waals surface area contributed by atoms with Crippen LogP contribution in [0.2, 0.25) is 0 Å². The van der Waals surface area contributed by atoms with Gasteiger partial charge < -0.3 is 20.7 Å². The molecule has 0 radical (unpaired) electrons. The van der Waals surface area contributed by atoms with Crippen LogP contribution in [0.25, 0.3) is 6.08 Å². The highest BCUT2D eigenvalue weighted by atomic mass is 32.2. The molecule has 1 atom stereocenters. The first kappa shape index (κ1) is 36.4. The average molecular weight is 718 g/mol. The third-order valence-corrected chi connectivity index (χ3v) is 9.77. The van der Waals surface area contributed by atoms with E-state index < -0.39 is 17.1 Å². The maximum absolute atomic E-state index is 13.8. The Hall–Kier alpha value is -6.38. The second kappa shape index (κ2) is 17.7. The molecule has 6 rings (SSSR count). The molecule has 3 amide bonds. The van der Waals surface area contributed by atoms with Crippen LogP contribution in [-0.4, -0.2) is 17.7 Å². The highest BCUT2D eigenvalue weighted by molar-refractivity contribution is 8.00. The Morgan fingerprint density at radius 1 is 0.698 bits per heavy atom. The summed E-state index contributed by atoms with van der Waals surface area (Å²) in [5.74, 6) is -0.404. The zero-order valence-corrected chi connectivity index (χ0v) is 30.2. The van der Waals surface area contributed by atoms with Crippen LogP contribution in [0.4, 0.5) is 11.4 Å². The first-order valence-corrected chi connectivity index (χ1v) is 18.1. The van der Waals surface area contributed by atoms with Gasteiger partial charge in [0.25, 0.3) is 11.8 Å². The zero-order valence-electron chi connectivity index (χ0n) is 29.4. The molecule has 0 saturated carbocycles.